The first kappa shape index (κ1) is 9.85. The lowest BCUT2D eigenvalue weighted by atomic mass is 10.1. The minimum Gasteiger partial charge on any atom is -0.437 e. The van der Waals surface area contributed by atoms with E-state index in [1.807, 2.05) is 13.0 Å². The van der Waals surface area contributed by atoms with Crippen LogP contribution in [0.1, 0.15) is 11.3 Å². The summed E-state index contributed by atoms with van der Waals surface area (Å²) in [5, 5.41) is 2.19. The third-order valence-electron chi connectivity index (χ3n) is 2.68. The molecule has 0 spiro atoms. The summed E-state index contributed by atoms with van der Waals surface area (Å²) >= 11 is 3.52. The number of aromatic nitrogens is 1. The van der Waals surface area contributed by atoms with Crippen LogP contribution in [0.25, 0.3) is 22.1 Å². The summed E-state index contributed by atoms with van der Waals surface area (Å²) in [5.41, 5.74) is 3.77. The Morgan fingerprint density at radius 1 is 1.12 bits per heavy atom. The summed E-state index contributed by atoms with van der Waals surface area (Å²) < 4.78 is 6.75. The molecule has 0 saturated carbocycles. The molecule has 0 amide bonds. The topological polar surface area (TPSA) is 26.0 Å². The molecule has 0 aliphatic carbocycles. The zero-order chi connectivity index (χ0) is 11.3. The number of nitrogens with zero attached hydrogens (tertiary/aromatic N) is 1. The first-order valence-corrected chi connectivity index (χ1v) is 5.90. The Hall–Kier alpha value is -1.35. The Balaban J connectivity index is 2.55. The Labute approximate surface area is 101 Å². The number of hydrogen-bond acceptors (Lipinski definition) is 2. The summed E-state index contributed by atoms with van der Waals surface area (Å²) in [6, 6.07) is 8.25. The molecule has 0 radical (unpaired) electrons. The third kappa shape index (κ3) is 1.35. The van der Waals surface area contributed by atoms with Crippen LogP contribution in [-0.2, 0) is 0 Å². The molecule has 3 heteroatoms. The maximum absolute atomic E-state index is 5.76. The van der Waals surface area contributed by atoms with Crippen LogP contribution in [0.2, 0.25) is 0 Å². The zero-order valence-electron chi connectivity index (χ0n) is 9.04. The van der Waals surface area contributed by atoms with Crippen molar-refractivity contribution >= 4 is 38.0 Å². The molecule has 3 aromatic rings. The van der Waals surface area contributed by atoms with E-state index in [0.717, 1.165) is 26.5 Å². The van der Waals surface area contributed by atoms with Crippen LogP contribution in [0.4, 0.5) is 0 Å². The van der Waals surface area contributed by atoms with E-state index in [9.17, 15) is 0 Å². The molecule has 2 aromatic heterocycles. The smallest absolute Gasteiger partial charge is 0.227 e. The maximum Gasteiger partial charge on any atom is 0.227 e. The van der Waals surface area contributed by atoms with Gasteiger partial charge in [0.25, 0.3) is 0 Å². The SMILES string of the molecule is Cc1cc(Br)c2oc3nc(C)ccc3c2c1. The fraction of sp³-hybridized carbons (Fsp3) is 0.154. The molecule has 0 fully saturated rings. The van der Waals surface area contributed by atoms with Gasteiger partial charge in [-0.1, -0.05) is 0 Å². The van der Waals surface area contributed by atoms with Crippen molar-refractivity contribution in [2.24, 2.45) is 0 Å². The fourth-order valence-electron chi connectivity index (χ4n) is 1.95. The van der Waals surface area contributed by atoms with Crippen molar-refractivity contribution in [1.29, 1.82) is 0 Å². The van der Waals surface area contributed by atoms with E-state index >= 15 is 0 Å². The van der Waals surface area contributed by atoms with Crippen LogP contribution >= 0.6 is 15.9 Å². The summed E-state index contributed by atoms with van der Waals surface area (Å²) in [7, 11) is 0. The molecule has 2 heterocycles. The molecule has 1 aromatic carbocycles. The van der Waals surface area contributed by atoms with Crippen molar-refractivity contribution < 1.29 is 4.42 Å². The van der Waals surface area contributed by atoms with Crippen molar-refractivity contribution in [1.82, 2.24) is 4.98 Å². The van der Waals surface area contributed by atoms with Crippen LogP contribution < -0.4 is 0 Å². The average molecular weight is 276 g/mol. The van der Waals surface area contributed by atoms with E-state index in [1.165, 1.54) is 5.56 Å². The molecule has 0 aliphatic rings. The van der Waals surface area contributed by atoms with E-state index in [2.05, 4.69) is 46.0 Å². The molecule has 0 unspecified atom stereocenters. The Kier molecular flexibility index (Phi) is 2.04. The molecule has 0 N–H and O–H groups in total. The van der Waals surface area contributed by atoms with Crippen molar-refractivity contribution in [2.75, 3.05) is 0 Å². The molecule has 0 atom stereocenters. The lowest BCUT2D eigenvalue weighted by molar-refractivity contribution is 0.650. The minimum atomic E-state index is 0.710. The van der Waals surface area contributed by atoms with Crippen LogP contribution in [0.15, 0.2) is 33.2 Å². The Bertz CT molecular complexity index is 700. The van der Waals surface area contributed by atoms with Crippen molar-refractivity contribution in [3.8, 4) is 0 Å². The third-order valence-corrected chi connectivity index (χ3v) is 3.27. The molecule has 3 rings (SSSR count). The van der Waals surface area contributed by atoms with Gasteiger partial charge in [0, 0.05) is 16.5 Å². The molecular weight excluding hydrogens is 266 g/mol. The van der Waals surface area contributed by atoms with Crippen molar-refractivity contribution in [3.63, 3.8) is 0 Å². The van der Waals surface area contributed by atoms with Gasteiger partial charge in [-0.3, -0.25) is 0 Å². The maximum atomic E-state index is 5.76. The number of rotatable bonds is 0. The highest BCUT2D eigenvalue weighted by molar-refractivity contribution is 9.10. The van der Waals surface area contributed by atoms with E-state index < -0.39 is 0 Å². The van der Waals surface area contributed by atoms with E-state index in [4.69, 9.17) is 4.42 Å². The van der Waals surface area contributed by atoms with Gasteiger partial charge in [-0.05, 0) is 59.6 Å². The summed E-state index contributed by atoms with van der Waals surface area (Å²) in [6.45, 7) is 4.04. The molecular formula is C13H10BrNO. The zero-order valence-corrected chi connectivity index (χ0v) is 10.6. The minimum absolute atomic E-state index is 0.710. The van der Waals surface area contributed by atoms with Crippen LogP contribution in [0.3, 0.4) is 0 Å². The van der Waals surface area contributed by atoms with Crippen LogP contribution in [0, 0.1) is 13.8 Å². The first-order chi connectivity index (χ1) is 7.65. The van der Waals surface area contributed by atoms with Gasteiger partial charge in [0.2, 0.25) is 5.71 Å². The highest BCUT2D eigenvalue weighted by Gasteiger charge is 2.11. The van der Waals surface area contributed by atoms with Gasteiger partial charge in [0.05, 0.1) is 4.47 Å². The lowest BCUT2D eigenvalue weighted by Crippen LogP contribution is -1.78. The number of hydrogen-bond donors (Lipinski definition) is 0. The van der Waals surface area contributed by atoms with Gasteiger partial charge >= 0.3 is 0 Å². The Morgan fingerprint density at radius 2 is 1.94 bits per heavy atom. The second kappa shape index (κ2) is 3.32. The highest BCUT2D eigenvalue weighted by Crippen LogP contribution is 2.33. The summed E-state index contributed by atoms with van der Waals surface area (Å²) in [5.74, 6) is 0. The Morgan fingerprint density at radius 3 is 2.75 bits per heavy atom. The molecule has 0 saturated heterocycles. The van der Waals surface area contributed by atoms with Crippen LogP contribution in [0.5, 0.6) is 0 Å². The predicted octanol–water partition coefficient (Wildman–Crippen LogP) is 4.36. The quantitative estimate of drug-likeness (QED) is 0.609. The standard InChI is InChI=1S/C13H10BrNO/c1-7-5-10-9-4-3-8(2)15-13(9)16-12(10)11(14)6-7/h3-6H,1-2H3. The number of halogens is 1. The van der Waals surface area contributed by atoms with Crippen molar-refractivity contribution in [3.05, 3.63) is 40.0 Å². The summed E-state index contributed by atoms with van der Waals surface area (Å²) in [4.78, 5) is 4.40. The first-order valence-electron chi connectivity index (χ1n) is 5.11. The molecule has 80 valence electrons. The highest BCUT2D eigenvalue weighted by atomic mass is 79.9. The second-order valence-electron chi connectivity index (χ2n) is 4.03. The number of benzene rings is 1. The van der Waals surface area contributed by atoms with Gasteiger partial charge in [-0.15, -0.1) is 0 Å². The van der Waals surface area contributed by atoms with Gasteiger partial charge in [-0.25, -0.2) is 4.98 Å². The van der Waals surface area contributed by atoms with Gasteiger partial charge < -0.3 is 4.42 Å². The monoisotopic (exact) mass is 275 g/mol. The lowest BCUT2D eigenvalue weighted by Gasteiger charge is -1.95. The van der Waals surface area contributed by atoms with E-state index in [1.54, 1.807) is 0 Å². The number of fused-ring (bicyclic) bond motifs is 3. The number of aryl methyl sites for hydroxylation is 2. The van der Waals surface area contributed by atoms with Crippen molar-refractivity contribution in [2.45, 2.75) is 13.8 Å². The normalized spacial score (nSPS) is 11.4. The second-order valence-corrected chi connectivity index (χ2v) is 4.89. The largest absolute Gasteiger partial charge is 0.437 e. The van der Waals surface area contributed by atoms with E-state index in [-0.39, 0.29) is 0 Å². The summed E-state index contributed by atoms with van der Waals surface area (Å²) in [6.07, 6.45) is 0. The fourth-order valence-corrected chi connectivity index (χ4v) is 2.60. The molecule has 16 heavy (non-hydrogen) atoms. The van der Waals surface area contributed by atoms with Gasteiger partial charge in [0.1, 0.15) is 0 Å². The van der Waals surface area contributed by atoms with Gasteiger partial charge in [-0.2, -0.15) is 0 Å². The number of furan rings is 1. The van der Waals surface area contributed by atoms with E-state index in [0.29, 0.717) is 5.71 Å². The number of pyridine rings is 1. The molecule has 0 bridgehead atoms. The molecule has 2 nitrogen and oxygen atoms in total. The predicted molar refractivity (Wildman–Crippen MR) is 68.7 cm³/mol. The van der Waals surface area contributed by atoms with Crippen LogP contribution in [-0.4, -0.2) is 4.98 Å². The average Bonchev–Trinajstić information content (AvgIpc) is 2.56. The molecule has 0 aliphatic heterocycles. The van der Waals surface area contributed by atoms with Gasteiger partial charge in [0.15, 0.2) is 5.58 Å².